The van der Waals surface area contributed by atoms with Gasteiger partial charge in [-0.05, 0) is 43.5 Å². The molecule has 0 spiro atoms. The van der Waals surface area contributed by atoms with Crippen molar-refractivity contribution < 1.29 is 9.90 Å². The van der Waals surface area contributed by atoms with Crippen LogP contribution in [0, 0.1) is 6.92 Å². The van der Waals surface area contributed by atoms with Gasteiger partial charge >= 0.3 is 0 Å². The van der Waals surface area contributed by atoms with E-state index in [0.29, 0.717) is 5.56 Å². The van der Waals surface area contributed by atoms with Gasteiger partial charge in [0.15, 0.2) is 0 Å². The van der Waals surface area contributed by atoms with Gasteiger partial charge in [0, 0.05) is 10.0 Å². The maximum absolute atomic E-state index is 12.2. The zero-order valence-corrected chi connectivity index (χ0v) is 12.0. The molecule has 2 rings (SSSR count). The Morgan fingerprint density at radius 1 is 1.39 bits per heavy atom. The fourth-order valence-corrected chi connectivity index (χ4v) is 2.88. The first-order valence-corrected chi connectivity index (χ1v) is 7.12. The van der Waals surface area contributed by atoms with Gasteiger partial charge in [0.25, 0.3) is 5.91 Å². The molecule has 0 radical (unpaired) electrons. The summed E-state index contributed by atoms with van der Waals surface area (Å²) in [6, 6.07) is 5.49. The van der Waals surface area contributed by atoms with E-state index in [4.69, 9.17) is 0 Å². The third-order valence-electron chi connectivity index (χ3n) is 3.48. The van der Waals surface area contributed by atoms with Crippen molar-refractivity contribution in [2.75, 3.05) is 0 Å². The molecule has 1 amide bonds. The number of aliphatic hydroxyl groups is 1. The first-order valence-electron chi connectivity index (χ1n) is 6.33. The Balaban J connectivity index is 2.07. The number of hydrogen-bond donors (Lipinski definition) is 2. The van der Waals surface area contributed by atoms with Crippen molar-refractivity contribution in [2.24, 2.45) is 0 Å². The molecule has 0 unspecified atom stereocenters. The van der Waals surface area contributed by atoms with Gasteiger partial charge in [-0.1, -0.05) is 28.8 Å². The lowest BCUT2D eigenvalue weighted by Gasteiger charge is -2.28. The van der Waals surface area contributed by atoms with Crippen LogP contribution in [0.5, 0.6) is 0 Å². The van der Waals surface area contributed by atoms with Crippen LogP contribution in [-0.2, 0) is 0 Å². The average Bonchev–Trinajstić information content (AvgIpc) is 2.32. The summed E-state index contributed by atoms with van der Waals surface area (Å²) < 4.78 is 0.967. The van der Waals surface area contributed by atoms with Crippen LogP contribution in [-0.4, -0.2) is 23.2 Å². The second kappa shape index (κ2) is 5.85. The predicted molar refractivity (Wildman–Crippen MR) is 74.6 cm³/mol. The normalized spacial score (nSPS) is 23.7. The molecule has 0 aliphatic heterocycles. The van der Waals surface area contributed by atoms with Crippen LogP contribution >= 0.6 is 15.9 Å². The number of benzene rings is 1. The van der Waals surface area contributed by atoms with Crippen LogP contribution in [0.1, 0.15) is 41.6 Å². The van der Waals surface area contributed by atoms with E-state index in [0.717, 1.165) is 35.7 Å². The summed E-state index contributed by atoms with van der Waals surface area (Å²) in [5, 5.41) is 12.8. The zero-order valence-electron chi connectivity index (χ0n) is 10.4. The highest BCUT2D eigenvalue weighted by Crippen LogP contribution is 2.20. The highest BCUT2D eigenvalue weighted by molar-refractivity contribution is 9.10. The molecule has 2 atom stereocenters. The van der Waals surface area contributed by atoms with Crippen LogP contribution < -0.4 is 5.32 Å². The summed E-state index contributed by atoms with van der Waals surface area (Å²) in [6.45, 7) is 1.91. The summed E-state index contributed by atoms with van der Waals surface area (Å²) in [5.41, 5.74) is 1.61. The Bertz CT molecular complexity index is 447. The number of halogens is 1. The fraction of sp³-hybridized carbons (Fsp3) is 0.500. The third kappa shape index (κ3) is 3.12. The molecule has 0 bridgehead atoms. The zero-order chi connectivity index (χ0) is 13.1. The predicted octanol–water partition coefficient (Wildman–Crippen LogP) is 2.79. The van der Waals surface area contributed by atoms with Gasteiger partial charge < -0.3 is 10.4 Å². The highest BCUT2D eigenvalue weighted by Gasteiger charge is 2.25. The van der Waals surface area contributed by atoms with E-state index in [9.17, 15) is 9.90 Å². The summed E-state index contributed by atoms with van der Waals surface area (Å²) in [7, 11) is 0. The van der Waals surface area contributed by atoms with Crippen LogP contribution in [0.2, 0.25) is 0 Å². The van der Waals surface area contributed by atoms with Gasteiger partial charge in [0.05, 0.1) is 12.1 Å². The van der Waals surface area contributed by atoms with Crippen molar-refractivity contribution in [3.63, 3.8) is 0 Å². The number of carbonyl (C=O) groups is 1. The van der Waals surface area contributed by atoms with Crippen molar-refractivity contribution in [1.29, 1.82) is 0 Å². The number of rotatable bonds is 2. The molecule has 1 fully saturated rings. The van der Waals surface area contributed by atoms with E-state index in [1.165, 1.54) is 0 Å². The van der Waals surface area contributed by atoms with E-state index in [1.54, 1.807) is 0 Å². The second-order valence-corrected chi connectivity index (χ2v) is 5.81. The maximum atomic E-state index is 12.2. The lowest BCUT2D eigenvalue weighted by molar-refractivity contribution is 0.0717. The Morgan fingerprint density at radius 2 is 2.11 bits per heavy atom. The van der Waals surface area contributed by atoms with E-state index < -0.39 is 6.10 Å². The number of carbonyl (C=O) groups excluding carboxylic acids is 1. The van der Waals surface area contributed by atoms with Crippen LogP contribution in [0.25, 0.3) is 0 Å². The van der Waals surface area contributed by atoms with Crippen molar-refractivity contribution in [3.05, 3.63) is 33.8 Å². The van der Waals surface area contributed by atoms with Gasteiger partial charge in [-0.15, -0.1) is 0 Å². The minimum absolute atomic E-state index is 0.0917. The lowest BCUT2D eigenvalue weighted by Crippen LogP contribution is -2.45. The smallest absolute Gasteiger partial charge is 0.251 e. The summed E-state index contributed by atoms with van der Waals surface area (Å²) in [6.07, 6.45) is 3.36. The van der Waals surface area contributed by atoms with Crippen LogP contribution in [0.3, 0.4) is 0 Å². The molecule has 1 saturated carbocycles. The van der Waals surface area contributed by atoms with E-state index in [1.807, 2.05) is 25.1 Å². The quantitative estimate of drug-likeness (QED) is 0.882. The number of amides is 1. The molecule has 1 aliphatic carbocycles. The highest BCUT2D eigenvalue weighted by atomic mass is 79.9. The van der Waals surface area contributed by atoms with Crippen molar-refractivity contribution in [3.8, 4) is 0 Å². The molecule has 1 aromatic rings. The Kier molecular flexibility index (Phi) is 4.40. The molecule has 1 aromatic carbocycles. The SMILES string of the molecule is Cc1cc(Br)ccc1C(=O)N[C@@H]1CCCC[C@H]1O. The fourth-order valence-electron chi connectivity index (χ4n) is 2.41. The van der Waals surface area contributed by atoms with Gasteiger partial charge in [0.2, 0.25) is 0 Å². The van der Waals surface area contributed by atoms with Gasteiger partial charge in [-0.2, -0.15) is 0 Å². The first-order chi connectivity index (χ1) is 8.58. The van der Waals surface area contributed by atoms with E-state index in [2.05, 4.69) is 21.2 Å². The van der Waals surface area contributed by atoms with Gasteiger partial charge in [-0.25, -0.2) is 0 Å². The lowest BCUT2D eigenvalue weighted by atomic mass is 9.92. The molecular formula is C14H18BrNO2. The Hall–Kier alpha value is -0.870. The largest absolute Gasteiger partial charge is 0.391 e. The van der Waals surface area contributed by atoms with Gasteiger partial charge in [-0.3, -0.25) is 4.79 Å². The molecule has 4 heteroatoms. The Morgan fingerprint density at radius 3 is 2.78 bits per heavy atom. The monoisotopic (exact) mass is 311 g/mol. The van der Waals surface area contributed by atoms with Crippen LogP contribution in [0.15, 0.2) is 22.7 Å². The molecule has 0 aromatic heterocycles. The summed E-state index contributed by atoms with van der Waals surface area (Å²) in [5.74, 6) is -0.0917. The minimum atomic E-state index is -0.404. The number of hydrogen-bond acceptors (Lipinski definition) is 2. The Labute approximate surface area is 116 Å². The van der Waals surface area contributed by atoms with E-state index >= 15 is 0 Å². The molecule has 98 valence electrons. The first kappa shape index (κ1) is 13.6. The molecule has 1 aliphatic rings. The van der Waals surface area contributed by atoms with Crippen molar-refractivity contribution >= 4 is 21.8 Å². The average molecular weight is 312 g/mol. The van der Waals surface area contributed by atoms with E-state index in [-0.39, 0.29) is 11.9 Å². The molecule has 2 N–H and O–H groups in total. The summed E-state index contributed by atoms with van der Waals surface area (Å²) >= 11 is 3.38. The molecule has 0 heterocycles. The second-order valence-electron chi connectivity index (χ2n) is 4.89. The van der Waals surface area contributed by atoms with Crippen molar-refractivity contribution in [1.82, 2.24) is 5.32 Å². The standard InChI is InChI=1S/C14H18BrNO2/c1-9-8-10(15)6-7-11(9)14(18)16-12-4-2-3-5-13(12)17/h6-8,12-13,17H,2-5H2,1H3,(H,16,18)/t12-,13-/m1/s1. The minimum Gasteiger partial charge on any atom is -0.391 e. The summed E-state index contributed by atoms with van der Waals surface area (Å²) in [4.78, 5) is 12.2. The molecule has 3 nitrogen and oxygen atoms in total. The molecule has 18 heavy (non-hydrogen) atoms. The molecule has 0 saturated heterocycles. The maximum Gasteiger partial charge on any atom is 0.251 e. The van der Waals surface area contributed by atoms with Crippen LogP contribution in [0.4, 0.5) is 0 Å². The topological polar surface area (TPSA) is 49.3 Å². The number of aryl methyl sites for hydroxylation is 1. The molecular weight excluding hydrogens is 294 g/mol. The van der Waals surface area contributed by atoms with Crippen molar-refractivity contribution in [2.45, 2.75) is 44.8 Å². The third-order valence-corrected chi connectivity index (χ3v) is 3.97. The number of nitrogens with one attached hydrogen (secondary N) is 1. The van der Waals surface area contributed by atoms with Gasteiger partial charge in [0.1, 0.15) is 0 Å². The number of aliphatic hydroxyl groups excluding tert-OH is 1.